The normalized spacial score (nSPS) is 16.6. The third-order valence-electron chi connectivity index (χ3n) is 4.61. The van der Waals surface area contributed by atoms with Crippen LogP contribution in [-0.4, -0.2) is 41.3 Å². The van der Waals surface area contributed by atoms with Crippen molar-refractivity contribution in [3.8, 4) is 11.6 Å². The van der Waals surface area contributed by atoms with E-state index in [-0.39, 0.29) is 24.2 Å². The number of hydrogen-bond acceptors (Lipinski definition) is 4. The number of amides is 2. The molecule has 3 heterocycles. The molecule has 0 N–H and O–H groups in total. The maximum absolute atomic E-state index is 13.1. The van der Waals surface area contributed by atoms with E-state index < -0.39 is 0 Å². The molecule has 0 aliphatic carbocycles. The van der Waals surface area contributed by atoms with Gasteiger partial charge in [0.2, 0.25) is 11.8 Å². The molecule has 0 atom stereocenters. The van der Waals surface area contributed by atoms with E-state index in [9.17, 15) is 9.59 Å². The maximum Gasteiger partial charge on any atom is 0.264 e. The van der Waals surface area contributed by atoms with E-state index in [0.717, 1.165) is 32.4 Å². The number of rotatable bonds is 2. The second-order valence-corrected chi connectivity index (χ2v) is 6.26. The van der Waals surface area contributed by atoms with Crippen molar-refractivity contribution >= 4 is 17.5 Å². The molecule has 0 bridgehead atoms. The van der Waals surface area contributed by atoms with Gasteiger partial charge in [-0.05, 0) is 43.5 Å². The highest BCUT2D eigenvalue weighted by Crippen LogP contribution is 2.37. The number of nitrogens with zero attached hydrogens (tertiary/aromatic N) is 3. The molecule has 2 aromatic rings. The number of likely N-dealkylation sites (tertiary alicyclic amines) is 1. The molecule has 1 saturated heterocycles. The number of hydrogen-bond donors (Lipinski definition) is 0. The van der Waals surface area contributed by atoms with E-state index in [1.54, 1.807) is 30.5 Å². The quantitative estimate of drug-likeness (QED) is 0.845. The van der Waals surface area contributed by atoms with Crippen molar-refractivity contribution in [2.45, 2.75) is 19.3 Å². The van der Waals surface area contributed by atoms with Crippen molar-refractivity contribution < 1.29 is 14.3 Å². The lowest BCUT2D eigenvalue weighted by Crippen LogP contribution is -2.44. The van der Waals surface area contributed by atoms with Crippen LogP contribution in [-0.2, 0) is 4.79 Å². The molecule has 4 rings (SSSR count). The zero-order valence-corrected chi connectivity index (χ0v) is 13.9. The summed E-state index contributed by atoms with van der Waals surface area (Å²) < 4.78 is 5.83. The zero-order valence-electron chi connectivity index (χ0n) is 13.9. The topological polar surface area (TPSA) is 62.7 Å². The molecule has 0 spiro atoms. The lowest BCUT2D eigenvalue weighted by molar-refractivity contribution is -0.130. The van der Waals surface area contributed by atoms with E-state index in [4.69, 9.17) is 4.74 Å². The van der Waals surface area contributed by atoms with E-state index in [1.807, 2.05) is 17.0 Å². The first-order valence-electron chi connectivity index (χ1n) is 8.55. The predicted molar refractivity (Wildman–Crippen MR) is 92.9 cm³/mol. The van der Waals surface area contributed by atoms with Crippen LogP contribution in [0.4, 0.5) is 5.69 Å². The van der Waals surface area contributed by atoms with Crippen LogP contribution in [0.15, 0.2) is 42.6 Å². The molecule has 128 valence electrons. The van der Waals surface area contributed by atoms with Gasteiger partial charge < -0.3 is 9.64 Å². The minimum absolute atomic E-state index is 0.00748. The van der Waals surface area contributed by atoms with E-state index >= 15 is 0 Å². The van der Waals surface area contributed by atoms with Gasteiger partial charge in [0, 0.05) is 19.3 Å². The Bertz CT molecular complexity index is 815. The highest BCUT2D eigenvalue weighted by atomic mass is 16.5. The summed E-state index contributed by atoms with van der Waals surface area (Å²) in [6, 6.07) is 10.6. The van der Waals surface area contributed by atoms with Crippen LogP contribution in [0.5, 0.6) is 11.6 Å². The summed E-state index contributed by atoms with van der Waals surface area (Å²) in [5, 5.41) is 0. The van der Waals surface area contributed by atoms with Crippen LogP contribution in [0.2, 0.25) is 0 Å². The Balaban J connectivity index is 1.69. The first-order chi connectivity index (χ1) is 12.2. The molecule has 0 radical (unpaired) electrons. The highest BCUT2D eigenvalue weighted by molar-refractivity contribution is 6.11. The SMILES string of the molecule is O=C(CN1C(=O)c2cccnc2Oc2ccccc21)N1CCCCC1. The van der Waals surface area contributed by atoms with Crippen molar-refractivity contribution in [2.24, 2.45) is 0 Å². The summed E-state index contributed by atoms with van der Waals surface area (Å²) in [7, 11) is 0. The summed E-state index contributed by atoms with van der Waals surface area (Å²) in [5.74, 6) is 0.501. The summed E-state index contributed by atoms with van der Waals surface area (Å²) in [6.07, 6.45) is 4.78. The number of fused-ring (bicyclic) bond motifs is 2. The van der Waals surface area contributed by atoms with Gasteiger partial charge in [-0.25, -0.2) is 4.98 Å². The molecule has 2 amide bonds. The second-order valence-electron chi connectivity index (χ2n) is 6.26. The number of carbonyl (C=O) groups excluding carboxylic acids is 2. The Labute approximate surface area is 146 Å². The van der Waals surface area contributed by atoms with Crippen LogP contribution in [0.25, 0.3) is 0 Å². The van der Waals surface area contributed by atoms with Crippen molar-refractivity contribution in [1.82, 2.24) is 9.88 Å². The molecule has 6 nitrogen and oxygen atoms in total. The molecular weight excluding hydrogens is 318 g/mol. The molecule has 25 heavy (non-hydrogen) atoms. The summed E-state index contributed by atoms with van der Waals surface area (Å²) in [4.78, 5) is 33.3. The van der Waals surface area contributed by atoms with Gasteiger partial charge >= 0.3 is 0 Å². The molecule has 2 aliphatic rings. The van der Waals surface area contributed by atoms with Crippen LogP contribution in [0.3, 0.4) is 0 Å². The Morgan fingerprint density at radius 1 is 1.08 bits per heavy atom. The molecule has 6 heteroatoms. The first-order valence-corrected chi connectivity index (χ1v) is 8.55. The third kappa shape index (κ3) is 2.95. The number of benzene rings is 1. The lowest BCUT2D eigenvalue weighted by Gasteiger charge is -2.29. The van der Waals surface area contributed by atoms with Gasteiger partial charge in [-0.15, -0.1) is 0 Å². The largest absolute Gasteiger partial charge is 0.436 e. The first kappa shape index (κ1) is 15.6. The number of pyridine rings is 1. The summed E-state index contributed by atoms with van der Waals surface area (Å²) >= 11 is 0. The van der Waals surface area contributed by atoms with Crippen molar-refractivity contribution in [2.75, 3.05) is 24.5 Å². The fourth-order valence-electron chi connectivity index (χ4n) is 3.30. The van der Waals surface area contributed by atoms with Crippen LogP contribution in [0, 0.1) is 0 Å². The average molecular weight is 337 g/mol. The Hall–Kier alpha value is -2.89. The number of piperidine rings is 1. The molecule has 1 aromatic carbocycles. The van der Waals surface area contributed by atoms with Gasteiger partial charge in [0.1, 0.15) is 12.1 Å². The lowest BCUT2D eigenvalue weighted by atomic mass is 10.1. The minimum Gasteiger partial charge on any atom is -0.436 e. The number of anilines is 1. The number of carbonyl (C=O) groups is 2. The number of aromatic nitrogens is 1. The molecule has 2 aliphatic heterocycles. The summed E-state index contributed by atoms with van der Waals surface area (Å²) in [5.41, 5.74) is 0.959. The molecular formula is C19H19N3O3. The maximum atomic E-state index is 13.1. The number of ether oxygens (including phenoxy) is 1. The summed E-state index contributed by atoms with van der Waals surface area (Å²) in [6.45, 7) is 1.53. The van der Waals surface area contributed by atoms with Gasteiger partial charge in [0.25, 0.3) is 5.91 Å². The van der Waals surface area contributed by atoms with Crippen molar-refractivity contribution in [3.05, 3.63) is 48.2 Å². The minimum atomic E-state index is -0.265. The van der Waals surface area contributed by atoms with E-state index in [0.29, 0.717) is 17.0 Å². The third-order valence-corrected chi connectivity index (χ3v) is 4.61. The van der Waals surface area contributed by atoms with Crippen molar-refractivity contribution in [1.29, 1.82) is 0 Å². The van der Waals surface area contributed by atoms with E-state index in [2.05, 4.69) is 4.98 Å². The van der Waals surface area contributed by atoms with Gasteiger partial charge in [-0.3, -0.25) is 14.5 Å². The standard InChI is InChI=1S/C19H19N3O3/c23-17(21-11-4-1-5-12-21)13-22-15-8-2-3-9-16(15)25-18-14(19(22)24)7-6-10-20-18/h2-3,6-10H,1,4-5,11-13H2. The van der Waals surface area contributed by atoms with Gasteiger partial charge in [-0.1, -0.05) is 12.1 Å². The van der Waals surface area contributed by atoms with Crippen molar-refractivity contribution in [3.63, 3.8) is 0 Å². The van der Waals surface area contributed by atoms with Crippen LogP contribution in [0.1, 0.15) is 29.6 Å². The molecule has 1 fully saturated rings. The average Bonchev–Trinajstić information content (AvgIpc) is 2.78. The zero-order chi connectivity index (χ0) is 17.2. The van der Waals surface area contributed by atoms with Crippen LogP contribution < -0.4 is 9.64 Å². The Kier molecular flexibility index (Phi) is 4.09. The number of para-hydroxylation sites is 2. The highest BCUT2D eigenvalue weighted by Gasteiger charge is 2.31. The van der Waals surface area contributed by atoms with Gasteiger partial charge in [-0.2, -0.15) is 0 Å². The molecule has 1 aromatic heterocycles. The fraction of sp³-hybridized carbons (Fsp3) is 0.316. The second kappa shape index (κ2) is 6.55. The Morgan fingerprint density at radius 2 is 1.88 bits per heavy atom. The van der Waals surface area contributed by atoms with Gasteiger partial charge in [0.15, 0.2) is 5.75 Å². The fourth-order valence-corrected chi connectivity index (χ4v) is 3.30. The van der Waals surface area contributed by atoms with Crippen LogP contribution >= 0.6 is 0 Å². The van der Waals surface area contributed by atoms with Gasteiger partial charge in [0.05, 0.1) is 5.69 Å². The monoisotopic (exact) mass is 337 g/mol. The Morgan fingerprint density at radius 3 is 2.72 bits per heavy atom. The smallest absolute Gasteiger partial charge is 0.264 e. The predicted octanol–water partition coefficient (Wildman–Crippen LogP) is 2.85. The molecule has 0 saturated carbocycles. The van der Waals surface area contributed by atoms with E-state index in [1.165, 1.54) is 4.90 Å². The molecule has 0 unspecified atom stereocenters.